The Kier molecular flexibility index (Phi) is 15.6. The van der Waals surface area contributed by atoms with Crippen molar-refractivity contribution in [3.8, 4) is 0 Å². The summed E-state index contributed by atoms with van der Waals surface area (Å²) in [5.41, 5.74) is 0. The van der Waals surface area contributed by atoms with Crippen molar-refractivity contribution in [2.45, 2.75) is 6.92 Å². The number of hydrogen-bond acceptors (Lipinski definition) is 0. The molecule has 0 bridgehead atoms. The molecular formula is C12H15Fe. The molecule has 71 valence electrons. The predicted molar refractivity (Wildman–Crippen MR) is 55.1 cm³/mol. The van der Waals surface area contributed by atoms with Crippen LogP contribution in [0.25, 0.3) is 0 Å². The van der Waals surface area contributed by atoms with Gasteiger partial charge >= 0.3 is 17.1 Å². The molecule has 0 heterocycles. The Hall–Kier alpha value is -0.781. The van der Waals surface area contributed by atoms with Crippen LogP contribution in [-0.4, -0.2) is 0 Å². The van der Waals surface area contributed by atoms with E-state index in [9.17, 15) is 0 Å². The van der Waals surface area contributed by atoms with E-state index in [1.807, 2.05) is 60.7 Å². The van der Waals surface area contributed by atoms with Gasteiger partial charge < -0.3 is 6.92 Å². The molecule has 0 aliphatic rings. The molecule has 2 aromatic rings. The minimum Gasteiger partial charge on any atom is -0.346 e. The van der Waals surface area contributed by atoms with E-state index < -0.39 is 0 Å². The zero-order valence-corrected chi connectivity index (χ0v) is 8.94. The number of hydrogen-bond donors (Lipinski definition) is 0. The monoisotopic (exact) mass is 215 g/mol. The zero-order chi connectivity index (χ0) is 9.07. The topological polar surface area (TPSA) is 0 Å². The van der Waals surface area contributed by atoms with Gasteiger partial charge in [0.05, 0.1) is 0 Å². The molecule has 2 rings (SSSR count). The summed E-state index contributed by atoms with van der Waals surface area (Å²) >= 11 is 0. The SMILES string of the molecule is [CH2-]C.[Fe+3].c1cc[cH-]c1.c1cc[cH-]c1. The summed E-state index contributed by atoms with van der Waals surface area (Å²) in [4.78, 5) is 0. The fraction of sp³-hybridized carbons (Fsp3) is 0.0833. The van der Waals surface area contributed by atoms with Crippen LogP contribution in [0.3, 0.4) is 0 Å². The van der Waals surface area contributed by atoms with Crippen LogP contribution in [0.2, 0.25) is 0 Å². The van der Waals surface area contributed by atoms with E-state index in [-0.39, 0.29) is 17.1 Å². The summed E-state index contributed by atoms with van der Waals surface area (Å²) in [5.74, 6) is 0. The fourth-order valence-corrected chi connectivity index (χ4v) is 0.642. The molecule has 0 fully saturated rings. The van der Waals surface area contributed by atoms with Gasteiger partial charge in [0, 0.05) is 0 Å². The summed E-state index contributed by atoms with van der Waals surface area (Å²) in [6.07, 6.45) is 0. The van der Waals surface area contributed by atoms with Gasteiger partial charge in [-0.1, -0.05) is 0 Å². The Balaban J connectivity index is 0. The molecule has 0 unspecified atom stereocenters. The van der Waals surface area contributed by atoms with E-state index in [0.717, 1.165) is 0 Å². The van der Waals surface area contributed by atoms with Gasteiger partial charge in [0.25, 0.3) is 0 Å². The molecule has 0 spiro atoms. The summed E-state index contributed by atoms with van der Waals surface area (Å²) in [6, 6.07) is 20.0. The molecule has 0 aliphatic heterocycles. The maximum atomic E-state index is 3.25. The Morgan fingerprint density at radius 2 is 0.923 bits per heavy atom. The quantitative estimate of drug-likeness (QED) is 0.464. The van der Waals surface area contributed by atoms with Gasteiger partial charge in [0.2, 0.25) is 0 Å². The molecule has 0 saturated heterocycles. The minimum atomic E-state index is 0. The van der Waals surface area contributed by atoms with Gasteiger partial charge in [-0.3, -0.25) is 0 Å². The summed E-state index contributed by atoms with van der Waals surface area (Å²) < 4.78 is 0. The van der Waals surface area contributed by atoms with E-state index in [2.05, 4.69) is 6.92 Å². The van der Waals surface area contributed by atoms with Gasteiger partial charge in [0.15, 0.2) is 0 Å². The molecule has 0 atom stereocenters. The van der Waals surface area contributed by atoms with E-state index in [1.165, 1.54) is 0 Å². The van der Waals surface area contributed by atoms with Crippen molar-refractivity contribution < 1.29 is 17.1 Å². The molecule has 13 heavy (non-hydrogen) atoms. The first-order valence-corrected chi connectivity index (χ1v) is 4.04. The molecule has 1 radical (unpaired) electrons. The van der Waals surface area contributed by atoms with Crippen molar-refractivity contribution in [1.82, 2.24) is 0 Å². The van der Waals surface area contributed by atoms with Crippen molar-refractivity contribution >= 4 is 0 Å². The van der Waals surface area contributed by atoms with Crippen LogP contribution in [0.15, 0.2) is 60.7 Å². The average Bonchev–Trinajstić information content (AvgIpc) is 2.87. The first-order chi connectivity index (χ1) is 6.00. The van der Waals surface area contributed by atoms with Gasteiger partial charge in [-0.05, 0) is 0 Å². The van der Waals surface area contributed by atoms with Gasteiger partial charge in [-0.15, -0.1) is 0 Å². The van der Waals surface area contributed by atoms with Gasteiger partial charge in [0.1, 0.15) is 0 Å². The zero-order valence-electron chi connectivity index (χ0n) is 7.83. The fourth-order valence-electron chi connectivity index (χ4n) is 0.642. The van der Waals surface area contributed by atoms with E-state index in [1.54, 1.807) is 6.92 Å². The van der Waals surface area contributed by atoms with Crippen molar-refractivity contribution in [3.05, 3.63) is 67.6 Å². The molecule has 0 saturated carbocycles. The van der Waals surface area contributed by atoms with Crippen LogP contribution < -0.4 is 0 Å². The Bertz CT molecular complexity index is 144. The Labute approximate surface area is 91.8 Å². The van der Waals surface area contributed by atoms with Crippen molar-refractivity contribution in [2.75, 3.05) is 0 Å². The third-order valence-electron chi connectivity index (χ3n) is 1.11. The molecular weight excluding hydrogens is 200 g/mol. The molecule has 0 amide bonds. The smallest absolute Gasteiger partial charge is 0.346 e. The summed E-state index contributed by atoms with van der Waals surface area (Å²) in [5, 5.41) is 0. The first-order valence-electron chi connectivity index (χ1n) is 4.04. The average molecular weight is 215 g/mol. The van der Waals surface area contributed by atoms with Crippen LogP contribution in [0, 0.1) is 6.92 Å². The van der Waals surface area contributed by atoms with Crippen molar-refractivity contribution in [3.63, 3.8) is 0 Å². The number of rotatable bonds is 0. The molecule has 2 aromatic carbocycles. The summed E-state index contributed by atoms with van der Waals surface area (Å²) in [7, 11) is 0. The van der Waals surface area contributed by atoms with Crippen LogP contribution in [0.1, 0.15) is 6.92 Å². The van der Waals surface area contributed by atoms with Crippen molar-refractivity contribution in [1.29, 1.82) is 0 Å². The van der Waals surface area contributed by atoms with Crippen molar-refractivity contribution in [2.24, 2.45) is 0 Å². The molecule has 1 heteroatoms. The molecule has 0 aromatic heterocycles. The third kappa shape index (κ3) is 11.2. The molecule has 0 N–H and O–H groups in total. The van der Waals surface area contributed by atoms with Crippen LogP contribution in [-0.2, 0) is 17.1 Å². The first kappa shape index (κ1) is 14.7. The largest absolute Gasteiger partial charge is 3.00 e. The van der Waals surface area contributed by atoms with Gasteiger partial charge in [-0.25, -0.2) is 24.3 Å². The maximum absolute atomic E-state index is 3.25. The second-order valence-electron chi connectivity index (χ2n) is 1.92. The standard InChI is InChI=1S/2C5H5.C2H5.Fe/c2*1-2-4-5-3-1;1-2;/h2*1-5H;1H2,2H3;/q3*-1;+3. The maximum Gasteiger partial charge on any atom is 3.00 e. The molecule has 0 nitrogen and oxygen atoms in total. The van der Waals surface area contributed by atoms with E-state index in [0.29, 0.717) is 0 Å². The second kappa shape index (κ2) is 13.8. The van der Waals surface area contributed by atoms with E-state index in [4.69, 9.17) is 0 Å². The third-order valence-corrected chi connectivity index (χ3v) is 1.11. The normalized spacial score (nSPS) is 6.62. The van der Waals surface area contributed by atoms with Gasteiger partial charge in [-0.2, -0.15) is 43.3 Å². The summed E-state index contributed by atoms with van der Waals surface area (Å²) in [6.45, 7) is 5.00. The Morgan fingerprint density at radius 1 is 0.692 bits per heavy atom. The van der Waals surface area contributed by atoms with Crippen LogP contribution >= 0.6 is 0 Å². The predicted octanol–water partition coefficient (Wildman–Crippen LogP) is 3.65. The molecule has 0 aliphatic carbocycles. The van der Waals surface area contributed by atoms with E-state index >= 15 is 0 Å². The Morgan fingerprint density at radius 3 is 1.00 bits per heavy atom. The van der Waals surface area contributed by atoms with Crippen LogP contribution in [0.5, 0.6) is 0 Å². The van der Waals surface area contributed by atoms with Crippen LogP contribution in [0.4, 0.5) is 0 Å². The second-order valence-corrected chi connectivity index (χ2v) is 1.92. The minimum absolute atomic E-state index is 0.